The SMILES string of the molecule is CCc1ccc(CC(=O)C2CNC2)s1. The summed E-state index contributed by atoms with van der Waals surface area (Å²) in [6.45, 7) is 3.91. The van der Waals surface area contributed by atoms with Crippen molar-refractivity contribution in [3.05, 3.63) is 21.9 Å². The summed E-state index contributed by atoms with van der Waals surface area (Å²) in [7, 11) is 0. The first kappa shape index (κ1) is 9.87. The Morgan fingerprint density at radius 3 is 2.71 bits per heavy atom. The molecule has 76 valence electrons. The monoisotopic (exact) mass is 209 g/mol. The molecule has 1 aliphatic rings. The molecule has 2 rings (SSSR count). The zero-order valence-electron chi connectivity index (χ0n) is 8.38. The molecule has 0 spiro atoms. The molecule has 1 fully saturated rings. The Hall–Kier alpha value is -0.670. The first-order chi connectivity index (χ1) is 6.79. The lowest BCUT2D eigenvalue weighted by Crippen LogP contribution is -2.46. The van der Waals surface area contributed by atoms with E-state index in [2.05, 4.69) is 24.4 Å². The Bertz CT molecular complexity index is 328. The minimum Gasteiger partial charge on any atom is -0.315 e. The Balaban J connectivity index is 1.92. The van der Waals surface area contributed by atoms with Crippen molar-refractivity contribution in [2.45, 2.75) is 19.8 Å². The van der Waals surface area contributed by atoms with Crippen LogP contribution in [0.2, 0.25) is 0 Å². The number of ketones is 1. The van der Waals surface area contributed by atoms with E-state index in [0.29, 0.717) is 12.2 Å². The molecule has 3 heteroatoms. The summed E-state index contributed by atoms with van der Waals surface area (Å²) in [6.07, 6.45) is 1.71. The van der Waals surface area contributed by atoms with Crippen LogP contribution in [0.1, 0.15) is 16.7 Å². The molecule has 0 unspecified atom stereocenters. The van der Waals surface area contributed by atoms with Gasteiger partial charge in [0.2, 0.25) is 0 Å². The van der Waals surface area contributed by atoms with Crippen LogP contribution in [-0.2, 0) is 17.6 Å². The Labute approximate surface area is 88.3 Å². The summed E-state index contributed by atoms with van der Waals surface area (Å²) in [6, 6.07) is 4.22. The molecule has 2 heterocycles. The summed E-state index contributed by atoms with van der Waals surface area (Å²) in [5.41, 5.74) is 0. The van der Waals surface area contributed by atoms with Crippen LogP contribution < -0.4 is 5.32 Å². The van der Waals surface area contributed by atoms with E-state index in [1.165, 1.54) is 9.75 Å². The van der Waals surface area contributed by atoms with Crippen molar-refractivity contribution in [1.29, 1.82) is 0 Å². The van der Waals surface area contributed by atoms with E-state index in [1.54, 1.807) is 11.3 Å². The summed E-state index contributed by atoms with van der Waals surface area (Å²) >= 11 is 1.77. The maximum absolute atomic E-state index is 11.7. The second-order valence-corrected chi connectivity index (χ2v) is 4.97. The average Bonchev–Trinajstić information content (AvgIpc) is 2.48. The zero-order valence-corrected chi connectivity index (χ0v) is 9.19. The van der Waals surface area contributed by atoms with Gasteiger partial charge in [-0.3, -0.25) is 4.79 Å². The van der Waals surface area contributed by atoms with Crippen molar-refractivity contribution in [3.63, 3.8) is 0 Å². The van der Waals surface area contributed by atoms with Crippen LogP contribution in [0.25, 0.3) is 0 Å². The molecule has 1 aromatic rings. The molecular weight excluding hydrogens is 194 g/mol. The van der Waals surface area contributed by atoms with Crippen LogP contribution >= 0.6 is 11.3 Å². The van der Waals surface area contributed by atoms with Crippen LogP contribution in [-0.4, -0.2) is 18.9 Å². The van der Waals surface area contributed by atoms with Gasteiger partial charge in [-0.15, -0.1) is 11.3 Å². The molecule has 1 N–H and O–H groups in total. The van der Waals surface area contributed by atoms with Gasteiger partial charge in [-0.1, -0.05) is 6.92 Å². The molecular formula is C11H15NOS. The highest BCUT2D eigenvalue weighted by Gasteiger charge is 2.24. The molecule has 1 saturated heterocycles. The van der Waals surface area contributed by atoms with Crippen LogP contribution in [0.15, 0.2) is 12.1 Å². The Kier molecular flexibility index (Phi) is 2.99. The quantitative estimate of drug-likeness (QED) is 0.817. The lowest BCUT2D eigenvalue weighted by Gasteiger charge is -2.25. The topological polar surface area (TPSA) is 29.1 Å². The van der Waals surface area contributed by atoms with E-state index in [0.717, 1.165) is 19.5 Å². The van der Waals surface area contributed by atoms with Crippen LogP contribution in [0.5, 0.6) is 0 Å². The zero-order chi connectivity index (χ0) is 9.97. The fraction of sp³-hybridized carbons (Fsp3) is 0.545. The number of hydrogen-bond acceptors (Lipinski definition) is 3. The summed E-state index contributed by atoms with van der Waals surface area (Å²) in [5.74, 6) is 0.676. The first-order valence-corrected chi connectivity index (χ1v) is 5.92. The number of Topliss-reactive ketones (excluding diaryl/α,β-unsaturated/α-hetero) is 1. The first-order valence-electron chi connectivity index (χ1n) is 5.10. The lowest BCUT2D eigenvalue weighted by molar-refractivity contribution is -0.123. The Morgan fingerprint density at radius 1 is 1.50 bits per heavy atom. The third kappa shape index (κ3) is 2.04. The van der Waals surface area contributed by atoms with Crippen molar-refractivity contribution in [3.8, 4) is 0 Å². The lowest BCUT2D eigenvalue weighted by atomic mass is 9.95. The fourth-order valence-corrected chi connectivity index (χ4v) is 2.51. The summed E-state index contributed by atoms with van der Waals surface area (Å²) in [4.78, 5) is 14.3. The molecule has 1 aromatic heterocycles. The second-order valence-electron chi connectivity index (χ2n) is 3.72. The van der Waals surface area contributed by atoms with Gasteiger partial charge in [0.1, 0.15) is 5.78 Å². The number of rotatable bonds is 4. The Morgan fingerprint density at radius 2 is 2.21 bits per heavy atom. The molecule has 0 aliphatic carbocycles. The predicted octanol–water partition coefficient (Wildman–Crippen LogP) is 1.64. The molecule has 0 saturated carbocycles. The largest absolute Gasteiger partial charge is 0.315 e. The maximum Gasteiger partial charge on any atom is 0.143 e. The van der Waals surface area contributed by atoms with Gasteiger partial charge in [0, 0.05) is 35.2 Å². The van der Waals surface area contributed by atoms with Crippen LogP contribution in [0.4, 0.5) is 0 Å². The normalized spacial score (nSPS) is 16.6. The molecule has 0 amide bonds. The van der Waals surface area contributed by atoms with Crippen molar-refractivity contribution >= 4 is 17.1 Å². The predicted molar refractivity (Wildman–Crippen MR) is 58.8 cm³/mol. The molecule has 14 heavy (non-hydrogen) atoms. The number of carbonyl (C=O) groups excluding carboxylic acids is 1. The number of carbonyl (C=O) groups is 1. The second kappa shape index (κ2) is 4.24. The van der Waals surface area contributed by atoms with Crippen molar-refractivity contribution in [2.24, 2.45) is 5.92 Å². The highest BCUT2D eigenvalue weighted by atomic mass is 32.1. The highest BCUT2D eigenvalue weighted by Crippen LogP contribution is 2.19. The molecule has 0 radical (unpaired) electrons. The van der Waals surface area contributed by atoms with Crippen molar-refractivity contribution in [1.82, 2.24) is 5.32 Å². The van der Waals surface area contributed by atoms with E-state index in [1.807, 2.05) is 0 Å². The summed E-state index contributed by atoms with van der Waals surface area (Å²) < 4.78 is 0. The molecule has 2 nitrogen and oxygen atoms in total. The number of thiophene rings is 1. The number of hydrogen-bond donors (Lipinski definition) is 1. The van der Waals surface area contributed by atoms with Gasteiger partial charge in [-0.2, -0.15) is 0 Å². The number of nitrogens with one attached hydrogen (secondary N) is 1. The van der Waals surface area contributed by atoms with Gasteiger partial charge in [0.15, 0.2) is 0 Å². The van der Waals surface area contributed by atoms with E-state index in [4.69, 9.17) is 0 Å². The summed E-state index contributed by atoms with van der Waals surface area (Å²) in [5, 5.41) is 3.13. The van der Waals surface area contributed by atoms with E-state index in [9.17, 15) is 4.79 Å². The van der Waals surface area contributed by atoms with E-state index in [-0.39, 0.29) is 5.92 Å². The van der Waals surface area contributed by atoms with Gasteiger partial charge >= 0.3 is 0 Å². The smallest absolute Gasteiger partial charge is 0.143 e. The van der Waals surface area contributed by atoms with Crippen molar-refractivity contribution in [2.75, 3.05) is 13.1 Å². The third-order valence-corrected chi connectivity index (χ3v) is 3.88. The molecule has 0 atom stereocenters. The van der Waals surface area contributed by atoms with E-state index >= 15 is 0 Å². The molecule has 1 aliphatic heterocycles. The molecule has 0 bridgehead atoms. The fourth-order valence-electron chi connectivity index (χ4n) is 1.54. The van der Waals surface area contributed by atoms with Gasteiger partial charge in [-0.25, -0.2) is 0 Å². The van der Waals surface area contributed by atoms with Gasteiger partial charge < -0.3 is 5.32 Å². The minimum absolute atomic E-state index is 0.280. The average molecular weight is 209 g/mol. The van der Waals surface area contributed by atoms with Crippen LogP contribution in [0.3, 0.4) is 0 Å². The third-order valence-electron chi connectivity index (χ3n) is 2.65. The standard InChI is InChI=1S/C11H15NOS/c1-2-9-3-4-10(14-9)5-11(13)8-6-12-7-8/h3-4,8,12H,2,5-7H2,1H3. The minimum atomic E-state index is 0.280. The van der Waals surface area contributed by atoms with Gasteiger partial charge in [-0.05, 0) is 18.6 Å². The van der Waals surface area contributed by atoms with Crippen LogP contribution in [0, 0.1) is 5.92 Å². The van der Waals surface area contributed by atoms with Gasteiger partial charge in [0.05, 0.1) is 0 Å². The highest BCUT2D eigenvalue weighted by molar-refractivity contribution is 7.12. The van der Waals surface area contributed by atoms with E-state index < -0.39 is 0 Å². The maximum atomic E-state index is 11.7. The molecule has 0 aromatic carbocycles. The van der Waals surface area contributed by atoms with Crippen molar-refractivity contribution < 1.29 is 4.79 Å². The number of aryl methyl sites for hydroxylation is 1. The van der Waals surface area contributed by atoms with Gasteiger partial charge in [0.25, 0.3) is 0 Å².